The number of nitro groups is 1. The molecule has 0 aliphatic rings. The number of hydrogen-bond acceptors (Lipinski definition) is 4. The molecule has 6 nitrogen and oxygen atoms in total. The van der Waals surface area contributed by atoms with Gasteiger partial charge in [-0.2, -0.15) is 0 Å². The summed E-state index contributed by atoms with van der Waals surface area (Å²) in [5, 5.41) is 13.6. The van der Waals surface area contributed by atoms with Crippen molar-refractivity contribution in [3.63, 3.8) is 0 Å². The van der Waals surface area contributed by atoms with Gasteiger partial charge >= 0.3 is 0 Å². The van der Waals surface area contributed by atoms with Crippen molar-refractivity contribution in [3.8, 4) is 0 Å². The molecule has 0 heterocycles. The molecule has 0 aliphatic carbocycles. The molecule has 0 saturated heterocycles. The first kappa shape index (κ1) is 17.6. The van der Waals surface area contributed by atoms with Gasteiger partial charge in [0, 0.05) is 12.6 Å². The number of carbonyl (C=O) groups excluding carboxylic acids is 1. The summed E-state index contributed by atoms with van der Waals surface area (Å²) < 4.78 is 0. The van der Waals surface area contributed by atoms with Crippen molar-refractivity contribution < 1.29 is 9.72 Å². The zero-order valence-electron chi connectivity index (χ0n) is 14.1. The number of benzene rings is 2. The Kier molecular flexibility index (Phi) is 5.65. The highest BCUT2D eigenvalue weighted by Crippen LogP contribution is 2.23. The van der Waals surface area contributed by atoms with Crippen molar-refractivity contribution in [1.29, 1.82) is 0 Å². The zero-order valence-corrected chi connectivity index (χ0v) is 14.1. The van der Waals surface area contributed by atoms with E-state index in [0.29, 0.717) is 6.54 Å². The number of para-hydroxylation sites is 2. The third kappa shape index (κ3) is 4.63. The Labute approximate surface area is 141 Å². The van der Waals surface area contributed by atoms with Crippen LogP contribution in [0.4, 0.5) is 11.4 Å². The van der Waals surface area contributed by atoms with E-state index < -0.39 is 4.92 Å². The van der Waals surface area contributed by atoms with E-state index >= 15 is 0 Å². The summed E-state index contributed by atoms with van der Waals surface area (Å²) in [6, 6.07) is 12.3. The van der Waals surface area contributed by atoms with Gasteiger partial charge in [-0.25, -0.2) is 0 Å². The van der Waals surface area contributed by atoms with Gasteiger partial charge in [-0.1, -0.05) is 35.9 Å². The van der Waals surface area contributed by atoms with Crippen LogP contribution in [0.5, 0.6) is 0 Å². The molecular weight excluding hydrogens is 306 g/mol. The van der Waals surface area contributed by atoms with Gasteiger partial charge in [-0.05, 0) is 38.1 Å². The highest BCUT2D eigenvalue weighted by atomic mass is 16.6. The van der Waals surface area contributed by atoms with E-state index in [4.69, 9.17) is 0 Å². The molecular formula is C18H21N3O3. The van der Waals surface area contributed by atoms with Crippen LogP contribution < -0.4 is 5.32 Å². The Morgan fingerprint density at radius 1 is 1.21 bits per heavy atom. The van der Waals surface area contributed by atoms with E-state index in [1.54, 1.807) is 12.1 Å². The van der Waals surface area contributed by atoms with Crippen LogP contribution >= 0.6 is 0 Å². The van der Waals surface area contributed by atoms with Gasteiger partial charge in [0.2, 0.25) is 5.91 Å². The topological polar surface area (TPSA) is 75.5 Å². The fraction of sp³-hybridized carbons (Fsp3) is 0.278. The summed E-state index contributed by atoms with van der Waals surface area (Å²) in [6.07, 6.45) is 0. The summed E-state index contributed by atoms with van der Waals surface area (Å²) in [7, 11) is 1.85. The second-order valence-corrected chi connectivity index (χ2v) is 5.92. The molecule has 0 saturated carbocycles. The number of nitrogens with one attached hydrogen (secondary N) is 1. The molecule has 1 N–H and O–H groups in total. The Hall–Kier alpha value is -2.73. The lowest BCUT2D eigenvalue weighted by molar-refractivity contribution is -0.383. The van der Waals surface area contributed by atoms with Crippen molar-refractivity contribution >= 4 is 17.3 Å². The first-order valence-corrected chi connectivity index (χ1v) is 7.65. The van der Waals surface area contributed by atoms with Gasteiger partial charge < -0.3 is 5.32 Å². The van der Waals surface area contributed by atoms with Crippen LogP contribution in [0.15, 0.2) is 42.5 Å². The molecule has 2 aromatic rings. The number of likely N-dealkylation sites (N-methyl/N-ethyl adjacent to an activating group) is 1. The van der Waals surface area contributed by atoms with Crippen LogP contribution in [0.25, 0.3) is 0 Å². The largest absolute Gasteiger partial charge is 0.319 e. The molecule has 0 atom stereocenters. The average Bonchev–Trinajstić information content (AvgIpc) is 2.50. The highest BCUT2D eigenvalue weighted by molar-refractivity contribution is 5.94. The fourth-order valence-corrected chi connectivity index (χ4v) is 2.54. The van der Waals surface area contributed by atoms with Gasteiger partial charge in [0.25, 0.3) is 5.69 Å². The number of carbonyl (C=O) groups is 1. The molecule has 0 aromatic heterocycles. The molecule has 126 valence electrons. The monoisotopic (exact) mass is 327 g/mol. The molecule has 0 spiro atoms. The molecule has 0 radical (unpaired) electrons. The predicted molar refractivity (Wildman–Crippen MR) is 94.0 cm³/mol. The van der Waals surface area contributed by atoms with Crippen molar-refractivity contribution in [2.45, 2.75) is 20.4 Å². The van der Waals surface area contributed by atoms with E-state index in [2.05, 4.69) is 17.4 Å². The number of rotatable bonds is 6. The molecule has 0 unspecified atom stereocenters. The molecule has 24 heavy (non-hydrogen) atoms. The zero-order chi connectivity index (χ0) is 17.7. The van der Waals surface area contributed by atoms with Crippen LogP contribution in [-0.4, -0.2) is 29.3 Å². The number of hydrogen-bond donors (Lipinski definition) is 1. The number of anilines is 1. The van der Waals surface area contributed by atoms with E-state index in [-0.39, 0.29) is 23.8 Å². The standard InChI is InChI=1S/C18H21N3O3/c1-13-8-9-15(14(2)10-13)11-20(3)12-18(22)19-16-6-4-5-7-17(16)21(23)24/h4-10H,11-12H2,1-3H3,(H,19,22). The molecule has 1 amide bonds. The summed E-state index contributed by atoms with van der Waals surface area (Å²) in [5.41, 5.74) is 3.64. The summed E-state index contributed by atoms with van der Waals surface area (Å²) in [6.45, 7) is 4.88. The average molecular weight is 327 g/mol. The third-order valence-electron chi connectivity index (χ3n) is 3.73. The maximum Gasteiger partial charge on any atom is 0.292 e. The van der Waals surface area contributed by atoms with Crippen LogP contribution in [0, 0.1) is 24.0 Å². The first-order valence-electron chi connectivity index (χ1n) is 7.65. The van der Waals surface area contributed by atoms with Crippen molar-refractivity contribution in [2.75, 3.05) is 18.9 Å². The molecule has 2 aromatic carbocycles. The van der Waals surface area contributed by atoms with Crippen LogP contribution in [-0.2, 0) is 11.3 Å². The van der Waals surface area contributed by atoms with Crippen molar-refractivity contribution in [2.24, 2.45) is 0 Å². The number of nitro benzene ring substituents is 1. The summed E-state index contributed by atoms with van der Waals surface area (Å²) >= 11 is 0. The normalized spacial score (nSPS) is 10.7. The summed E-state index contributed by atoms with van der Waals surface area (Å²) in [4.78, 5) is 24.5. The van der Waals surface area contributed by atoms with E-state index in [1.165, 1.54) is 23.3 Å². The molecule has 6 heteroatoms. The lowest BCUT2D eigenvalue weighted by atomic mass is 10.1. The minimum atomic E-state index is -0.505. The first-order chi connectivity index (χ1) is 11.4. The Morgan fingerprint density at radius 3 is 2.58 bits per heavy atom. The minimum absolute atomic E-state index is 0.108. The van der Waals surface area contributed by atoms with E-state index in [9.17, 15) is 14.9 Å². The SMILES string of the molecule is Cc1ccc(CN(C)CC(=O)Nc2ccccc2[N+](=O)[O-])c(C)c1. The van der Waals surface area contributed by atoms with Gasteiger partial charge in [-0.3, -0.25) is 19.8 Å². The summed E-state index contributed by atoms with van der Waals surface area (Å²) in [5.74, 6) is -0.281. The highest BCUT2D eigenvalue weighted by Gasteiger charge is 2.16. The van der Waals surface area contributed by atoms with Crippen molar-refractivity contribution in [3.05, 3.63) is 69.3 Å². The molecule has 0 bridgehead atoms. The number of aryl methyl sites for hydroxylation is 2. The maximum atomic E-state index is 12.2. The van der Waals surface area contributed by atoms with Gasteiger partial charge in [0.1, 0.15) is 5.69 Å². The van der Waals surface area contributed by atoms with Crippen LogP contribution in [0.1, 0.15) is 16.7 Å². The minimum Gasteiger partial charge on any atom is -0.319 e. The lowest BCUT2D eigenvalue weighted by Crippen LogP contribution is -2.30. The number of nitrogens with zero attached hydrogens (tertiary/aromatic N) is 2. The van der Waals surface area contributed by atoms with Gasteiger partial charge in [-0.15, -0.1) is 0 Å². The lowest BCUT2D eigenvalue weighted by Gasteiger charge is -2.18. The quantitative estimate of drug-likeness (QED) is 0.652. The maximum absolute atomic E-state index is 12.2. The molecule has 0 aliphatic heterocycles. The Bertz CT molecular complexity index is 759. The van der Waals surface area contributed by atoms with E-state index in [1.807, 2.05) is 31.9 Å². The Balaban J connectivity index is 1.98. The smallest absolute Gasteiger partial charge is 0.292 e. The van der Waals surface area contributed by atoms with Crippen LogP contribution in [0.2, 0.25) is 0 Å². The van der Waals surface area contributed by atoms with Crippen LogP contribution in [0.3, 0.4) is 0 Å². The fourth-order valence-electron chi connectivity index (χ4n) is 2.54. The van der Waals surface area contributed by atoms with E-state index in [0.717, 1.165) is 5.56 Å². The van der Waals surface area contributed by atoms with Gasteiger partial charge in [0.05, 0.1) is 11.5 Å². The Morgan fingerprint density at radius 2 is 1.92 bits per heavy atom. The van der Waals surface area contributed by atoms with Crippen molar-refractivity contribution in [1.82, 2.24) is 4.90 Å². The predicted octanol–water partition coefficient (Wildman–Crippen LogP) is 3.28. The molecule has 0 fully saturated rings. The second kappa shape index (κ2) is 7.70. The number of amides is 1. The third-order valence-corrected chi connectivity index (χ3v) is 3.73. The second-order valence-electron chi connectivity index (χ2n) is 5.92. The molecule has 2 rings (SSSR count). The van der Waals surface area contributed by atoms with Gasteiger partial charge in [0.15, 0.2) is 0 Å².